The van der Waals surface area contributed by atoms with E-state index in [1.54, 1.807) is 13.8 Å². The van der Waals surface area contributed by atoms with Gasteiger partial charge in [-0.2, -0.15) is 0 Å². The van der Waals surface area contributed by atoms with Crippen LogP contribution in [0.3, 0.4) is 0 Å². The molecule has 0 bridgehead atoms. The highest BCUT2D eigenvalue weighted by Crippen LogP contribution is 2.37. The lowest BCUT2D eigenvalue weighted by atomic mass is 9.89. The van der Waals surface area contributed by atoms with Crippen molar-refractivity contribution in [2.75, 3.05) is 7.11 Å². The summed E-state index contributed by atoms with van der Waals surface area (Å²) in [5.41, 5.74) is 0.181. The van der Waals surface area contributed by atoms with Gasteiger partial charge in [0.15, 0.2) is 5.79 Å². The minimum absolute atomic E-state index is 0.181. The van der Waals surface area contributed by atoms with E-state index in [2.05, 4.69) is 4.74 Å². The van der Waals surface area contributed by atoms with E-state index in [1.165, 1.54) is 13.2 Å². The second-order valence-corrected chi connectivity index (χ2v) is 4.62. The molecule has 0 aromatic carbocycles. The zero-order chi connectivity index (χ0) is 12.8. The zero-order valence-electron chi connectivity index (χ0n) is 9.91. The number of aliphatic hydroxyl groups is 2. The summed E-state index contributed by atoms with van der Waals surface area (Å²) in [7, 11) is 1.25. The lowest BCUT2D eigenvalue weighted by molar-refractivity contribution is -0.158. The molecule has 1 heterocycles. The summed E-state index contributed by atoms with van der Waals surface area (Å²) < 4.78 is 15.6. The molecule has 0 spiro atoms. The van der Waals surface area contributed by atoms with Gasteiger partial charge >= 0.3 is 5.97 Å². The van der Waals surface area contributed by atoms with Crippen LogP contribution in [0.4, 0.5) is 0 Å². The third-order valence-corrected chi connectivity index (χ3v) is 2.89. The molecule has 17 heavy (non-hydrogen) atoms. The van der Waals surface area contributed by atoms with Crippen molar-refractivity contribution in [3.8, 4) is 0 Å². The van der Waals surface area contributed by atoms with E-state index in [4.69, 9.17) is 9.47 Å². The zero-order valence-corrected chi connectivity index (χ0v) is 9.91. The van der Waals surface area contributed by atoms with Gasteiger partial charge in [0, 0.05) is 0 Å². The first-order valence-corrected chi connectivity index (χ1v) is 5.37. The molecular formula is C11H16O6. The Bertz CT molecular complexity index is 361. The lowest BCUT2D eigenvalue weighted by Gasteiger charge is -2.30. The van der Waals surface area contributed by atoms with Crippen LogP contribution in [0.1, 0.15) is 13.8 Å². The van der Waals surface area contributed by atoms with Gasteiger partial charge in [-0.3, -0.25) is 0 Å². The topological polar surface area (TPSA) is 85.2 Å². The van der Waals surface area contributed by atoms with Crippen molar-refractivity contribution in [3.05, 3.63) is 11.6 Å². The monoisotopic (exact) mass is 244 g/mol. The van der Waals surface area contributed by atoms with Crippen molar-refractivity contribution < 1.29 is 29.2 Å². The Morgan fingerprint density at radius 1 is 1.41 bits per heavy atom. The van der Waals surface area contributed by atoms with E-state index in [9.17, 15) is 15.0 Å². The van der Waals surface area contributed by atoms with Gasteiger partial charge in [-0.1, -0.05) is 0 Å². The summed E-state index contributed by atoms with van der Waals surface area (Å²) >= 11 is 0. The van der Waals surface area contributed by atoms with Gasteiger partial charge in [0.05, 0.1) is 12.7 Å². The minimum Gasteiger partial charge on any atom is -0.466 e. The largest absolute Gasteiger partial charge is 0.466 e. The summed E-state index contributed by atoms with van der Waals surface area (Å²) in [5.74, 6) is -1.50. The van der Waals surface area contributed by atoms with Gasteiger partial charge in [-0.15, -0.1) is 0 Å². The molecule has 1 fully saturated rings. The number of rotatable bonds is 1. The third kappa shape index (κ3) is 2.09. The van der Waals surface area contributed by atoms with Crippen LogP contribution >= 0.6 is 0 Å². The number of fused-ring (bicyclic) bond motifs is 1. The predicted molar refractivity (Wildman–Crippen MR) is 55.9 cm³/mol. The molecule has 4 atom stereocenters. The Morgan fingerprint density at radius 2 is 2.06 bits per heavy atom. The van der Waals surface area contributed by atoms with Crippen LogP contribution in [0.15, 0.2) is 11.6 Å². The lowest BCUT2D eigenvalue weighted by Crippen LogP contribution is -2.48. The van der Waals surface area contributed by atoms with Crippen LogP contribution in [0, 0.1) is 0 Å². The smallest absolute Gasteiger partial charge is 0.336 e. The third-order valence-electron chi connectivity index (χ3n) is 2.89. The second-order valence-electron chi connectivity index (χ2n) is 4.62. The fourth-order valence-electron chi connectivity index (χ4n) is 2.15. The summed E-state index contributed by atoms with van der Waals surface area (Å²) in [6, 6.07) is 0. The van der Waals surface area contributed by atoms with E-state index < -0.39 is 36.2 Å². The quantitative estimate of drug-likeness (QED) is 0.596. The summed E-state index contributed by atoms with van der Waals surface area (Å²) in [5, 5.41) is 19.4. The second kappa shape index (κ2) is 4.06. The predicted octanol–water partition coefficient (Wildman–Crippen LogP) is -0.659. The van der Waals surface area contributed by atoms with Crippen LogP contribution in [-0.4, -0.2) is 53.5 Å². The molecule has 0 unspecified atom stereocenters. The van der Waals surface area contributed by atoms with Crippen molar-refractivity contribution in [1.29, 1.82) is 0 Å². The van der Waals surface area contributed by atoms with Crippen molar-refractivity contribution in [3.63, 3.8) is 0 Å². The number of hydrogen-bond donors (Lipinski definition) is 2. The summed E-state index contributed by atoms with van der Waals surface area (Å²) in [4.78, 5) is 11.6. The molecule has 0 saturated carbocycles. The molecule has 2 N–H and O–H groups in total. The fraction of sp³-hybridized carbons (Fsp3) is 0.727. The highest BCUT2D eigenvalue weighted by molar-refractivity contribution is 5.90. The Kier molecular flexibility index (Phi) is 2.99. The normalized spacial score (nSPS) is 39.5. The van der Waals surface area contributed by atoms with Crippen LogP contribution < -0.4 is 0 Å². The standard InChI is InChI=1S/C11H16O6/c1-11(2)16-8-5(10(14)15-3)4-6(12)7(13)9(8)17-11/h4,6-9,12-13H,1-3H3/t6-,7-,8-,9+/m0/s1. The van der Waals surface area contributed by atoms with E-state index in [1.807, 2.05) is 0 Å². The van der Waals surface area contributed by atoms with Crippen molar-refractivity contribution in [2.24, 2.45) is 0 Å². The molecule has 1 saturated heterocycles. The SMILES string of the molecule is COC(=O)C1=C[C@H](O)[C@H](O)[C@H]2OC(C)(C)O[C@@H]12. The number of esters is 1. The number of aliphatic hydroxyl groups excluding tert-OH is 2. The maximum absolute atomic E-state index is 11.6. The number of carbonyl (C=O) groups excluding carboxylic acids is 1. The van der Waals surface area contributed by atoms with Gasteiger partial charge in [-0.05, 0) is 19.9 Å². The first-order valence-electron chi connectivity index (χ1n) is 5.37. The maximum atomic E-state index is 11.6. The van der Waals surface area contributed by atoms with Gasteiger partial charge in [0.25, 0.3) is 0 Å². The van der Waals surface area contributed by atoms with Gasteiger partial charge < -0.3 is 24.4 Å². The van der Waals surface area contributed by atoms with Crippen molar-refractivity contribution in [1.82, 2.24) is 0 Å². The molecule has 96 valence electrons. The van der Waals surface area contributed by atoms with Gasteiger partial charge in [0.2, 0.25) is 0 Å². The van der Waals surface area contributed by atoms with Crippen LogP contribution in [0.25, 0.3) is 0 Å². The average molecular weight is 244 g/mol. The first kappa shape index (κ1) is 12.5. The fourth-order valence-corrected chi connectivity index (χ4v) is 2.15. The molecule has 6 nitrogen and oxygen atoms in total. The number of methoxy groups -OCH3 is 1. The molecule has 0 aromatic heterocycles. The van der Waals surface area contributed by atoms with E-state index in [-0.39, 0.29) is 5.57 Å². The van der Waals surface area contributed by atoms with Crippen molar-refractivity contribution >= 4 is 5.97 Å². The molecule has 1 aliphatic carbocycles. The molecule has 0 aromatic rings. The minimum atomic E-state index is -1.16. The Morgan fingerprint density at radius 3 is 2.65 bits per heavy atom. The van der Waals surface area contributed by atoms with E-state index in [0.717, 1.165) is 0 Å². The van der Waals surface area contributed by atoms with Gasteiger partial charge in [0.1, 0.15) is 24.4 Å². The molecular weight excluding hydrogens is 228 g/mol. The van der Waals surface area contributed by atoms with Crippen molar-refractivity contribution in [2.45, 2.75) is 44.1 Å². The molecule has 2 aliphatic rings. The summed E-state index contributed by atoms with van der Waals surface area (Å²) in [6.07, 6.45) is -2.50. The van der Waals surface area contributed by atoms with E-state index >= 15 is 0 Å². The van der Waals surface area contributed by atoms with Crippen LogP contribution in [0.2, 0.25) is 0 Å². The molecule has 0 radical (unpaired) electrons. The Hall–Kier alpha value is -0.950. The molecule has 1 aliphatic heterocycles. The van der Waals surface area contributed by atoms with Crippen LogP contribution in [0.5, 0.6) is 0 Å². The summed E-state index contributed by atoms with van der Waals surface area (Å²) in [6.45, 7) is 3.36. The Balaban J connectivity index is 2.34. The highest BCUT2D eigenvalue weighted by atomic mass is 16.8. The maximum Gasteiger partial charge on any atom is 0.336 e. The Labute approximate surface area is 98.8 Å². The first-order chi connectivity index (χ1) is 7.85. The highest BCUT2D eigenvalue weighted by Gasteiger charge is 2.52. The number of carbonyl (C=O) groups is 1. The van der Waals surface area contributed by atoms with E-state index in [0.29, 0.717) is 0 Å². The number of ether oxygens (including phenoxy) is 3. The average Bonchev–Trinajstić information content (AvgIpc) is 2.58. The van der Waals surface area contributed by atoms with Gasteiger partial charge in [-0.25, -0.2) is 4.79 Å². The molecule has 0 amide bonds. The molecule has 2 rings (SSSR count). The van der Waals surface area contributed by atoms with Crippen LogP contribution in [-0.2, 0) is 19.0 Å². The number of hydrogen-bond acceptors (Lipinski definition) is 6. The molecule has 6 heteroatoms.